The van der Waals surface area contributed by atoms with Crippen LogP contribution < -0.4 is 15.0 Å². The molecule has 2 atom stereocenters. The van der Waals surface area contributed by atoms with E-state index in [9.17, 15) is 9.59 Å². The molecule has 1 N–H and O–H groups in total. The molecule has 4 aromatic rings. The van der Waals surface area contributed by atoms with Crippen LogP contribution in [0.25, 0.3) is 16.9 Å². The Morgan fingerprint density at radius 3 is 2.63 bits per heavy atom. The third-order valence-corrected chi connectivity index (χ3v) is 9.45. The van der Waals surface area contributed by atoms with Crippen LogP contribution in [0, 0.1) is 13.8 Å². The first kappa shape index (κ1) is 29.0. The molecule has 1 saturated heterocycles. The van der Waals surface area contributed by atoms with E-state index >= 15 is 0 Å². The van der Waals surface area contributed by atoms with Gasteiger partial charge in [0.1, 0.15) is 18.1 Å². The normalized spacial score (nSPS) is 18.3. The fourth-order valence-electron chi connectivity index (χ4n) is 5.82. The minimum atomic E-state index is -0.274. The Labute approximate surface area is 256 Å². The zero-order valence-electron chi connectivity index (χ0n) is 24.7. The van der Waals surface area contributed by atoms with Crippen molar-refractivity contribution < 1.29 is 19.1 Å². The van der Waals surface area contributed by atoms with Crippen molar-refractivity contribution in [2.75, 3.05) is 37.5 Å². The molecule has 3 aromatic carbocycles. The number of para-hydroxylation sites is 1. The largest absolute Gasteiger partial charge is 0.496 e. The smallest absolute Gasteiger partial charge is 0.240 e. The Balaban J connectivity index is 1.56. The highest BCUT2D eigenvalue weighted by atomic mass is 32.2. The zero-order chi connectivity index (χ0) is 29.9. The third kappa shape index (κ3) is 5.79. The Kier molecular flexibility index (Phi) is 8.54. The maximum absolute atomic E-state index is 14.0. The summed E-state index contributed by atoms with van der Waals surface area (Å²) in [7, 11) is 1.66. The average molecular weight is 597 g/mol. The van der Waals surface area contributed by atoms with E-state index in [0.717, 1.165) is 57.8 Å². The highest BCUT2D eigenvalue weighted by Gasteiger charge is 2.39. The molecule has 2 aliphatic rings. The third-order valence-electron chi connectivity index (χ3n) is 8.21. The fourth-order valence-corrected chi connectivity index (χ4v) is 7.05. The van der Waals surface area contributed by atoms with Crippen molar-refractivity contribution in [3.63, 3.8) is 0 Å². The van der Waals surface area contributed by atoms with E-state index < -0.39 is 0 Å². The molecule has 8 nitrogen and oxygen atoms in total. The first-order valence-corrected chi connectivity index (χ1v) is 15.7. The molecular formula is C34H36N4O4S. The van der Waals surface area contributed by atoms with Crippen molar-refractivity contribution in [1.29, 1.82) is 0 Å². The number of rotatable bonds is 8. The molecule has 0 radical (unpaired) electrons. The summed E-state index contributed by atoms with van der Waals surface area (Å²) in [5.74, 6) is 1.15. The number of aryl methyl sites for hydroxylation is 1. The van der Waals surface area contributed by atoms with Gasteiger partial charge >= 0.3 is 0 Å². The van der Waals surface area contributed by atoms with Crippen LogP contribution in [0.4, 0.5) is 5.82 Å². The number of nitrogens with zero attached hydrogens (tertiary/aromatic N) is 3. The lowest BCUT2D eigenvalue weighted by Crippen LogP contribution is -2.44. The zero-order valence-corrected chi connectivity index (χ0v) is 25.5. The van der Waals surface area contributed by atoms with E-state index in [1.54, 1.807) is 12.0 Å². The second-order valence-corrected chi connectivity index (χ2v) is 12.0. The van der Waals surface area contributed by atoms with E-state index in [-0.39, 0.29) is 35.5 Å². The number of hydrogen-bond donors (Lipinski definition) is 1. The summed E-state index contributed by atoms with van der Waals surface area (Å²) < 4.78 is 13.4. The summed E-state index contributed by atoms with van der Waals surface area (Å²) in [6.07, 6.45) is 1.92. The van der Waals surface area contributed by atoms with Crippen molar-refractivity contribution in [2.45, 2.75) is 38.0 Å². The number of nitrogens with one attached hydrogen (secondary N) is 1. The van der Waals surface area contributed by atoms with E-state index in [0.29, 0.717) is 19.0 Å². The standard InChI is InChI=1S/C34H36N4O4S/c1-22-11-9-16-27(23(22)2)38-34-31(32(36-38)24-12-5-4-6-13-24)33(26-15-7-8-17-28(26)41-3)43-21-30(40)37(34)20-29(39)35-19-25-14-10-18-42-25/h4-9,11-13,15-17,25,33H,10,14,18-21H2,1-3H3,(H,35,39)/t25-,33+/m1/s1. The minimum Gasteiger partial charge on any atom is -0.496 e. The predicted molar refractivity (Wildman–Crippen MR) is 170 cm³/mol. The van der Waals surface area contributed by atoms with E-state index in [1.165, 1.54) is 11.8 Å². The van der Waals surface area contributed by atoms with Gasteiger partial charge in [-0.2, -0.15) is 5.10 Å². The molecule has 2 amide bonds. The van der Waals surface area contributed by atoms with Crippen molar-refractivity contribution in [1.82, 2.24) is 15.1 Å². The molecule has 1 aromatic heterocycles. The van der Waals surface area contributed by atoms with Crippen molar-refractivity contribution in [2.24, 2.45) is 0 Å². The number of thioether (sulfide) groups is 1. The van der Waals surface area contributed by atoms with Gasteiger partial charge in [0.15, 0.2) is 0 Å². The number of benzene rings is 3. The van der Waals surface area contributed by atoms with Gasteiger partial charge in [-0.05, 0) is 49.9 Å². The van der Waals surface area contributed by atoms with Crippen LogP contribution in [0.3, 0.4) is 0 Å². The van der Waals surface area contributed by atoms with Crippen LogP contribution in [0.1, 0.15) is 40.3 Å². The summed E-state index contributed by atoms with van der Waals surface area (Å²) in [4.78, 5) is 29.0. The van der Waals surface area contributed by atoms with Crippen LogP contribution in [0.2, 0.25) is 0 Å². The topological polar surface area (TPSA) is 85.7 Å². The first-order valence-electron chi connectivity index (χ1n) is 14.6. The molecule has 3 heterocycles. The summed E-state index contributed by atoms with van der Waals surface area (Å²) >= 11 is 1.53. The lowest BCUT2D eigenvalue weighted by Gasteiger charge is -2.24. The minimum absolute atomic E-state index is 0.00924. The molecule has 1 fully saturated rings. The first-order chi connectivity index (χ1) is 21.0. The fraction of sp³-hybridized carbons (Fsp3) is 0.324. The lowest BCUT2D eigenvalue weighted by atomic mass is 9.98. The molecule has 43 heavy (non-hydrogen) atoms. The van der Waals surface area contributed by atoms with Gasteiger partial charge in [0, 0.05) is 29.8 Å². The van der Waals surface area contributed by atoms with Gasteiger partial charge in [-0.15, -0.1) is 11.8 Å². The van der Waals surface area contributed by atoms with Crippen molar-refractivity contribution in [3.8, 4) is 22.7 Å². The summed E-state index contributed by atoms with van der Waals surface area (Å²) in [6.45, 7) is 5.15. The molecular weight excluding hydrogens is 560 g/mol. The second kappa shape index (κ2) is 12.7. The Hall–Kier alpha value is -4.08. The molecule has 0 bridgehead atoms. The van der Waals surface area contributed by atoms with E-state index in [1.807, 2.05) is 71.4 Å². The second-order valence-electron chi connectivity index (χ2n) is 10.9. The number of fused-ring (bicyclic) bond motifs is 1. The van der Waals surface area contributed by atoms with Gasteiger partial charge < -0.3 is 14.8 Å². The molecule has 0 saturated carbocycles. The predicted octanol–water partition coefficient (Wildman–Crippen LogP) is 5.63. The van der Waals surface area contributed by atoms with Gasteiger partial charge in [0.05, 0.1) is 35.6 Å². The SMILES string of the molecule is COc1ccccc1[C@@H]1SCC(=O)N(CC(=O)NC[C@H]2CCCO2)c2c1c(-c1ccccc1)nn2-c1cccc(C)c1C. The van der Waals surface area contributed by atoms with Gasteiger partial charge in [-0.3, -0.25) is 14.5 Å². The quantitative estimate of drug-likeness (QED) is 0.284. The Morgan fingerprint density at radius 1 is 1.07 bits per heavy atom. The van der Waals surface area contributed by atoms with Crippen molar-refractivity contribution >= 4 is 29.4 Å². The van der Waals surface area contributed by atoms with E-state index in [4.69, 9.17) is 14.6 Å². The summed E-state index contributed by atoms with van der Waals surface area (Å²) in [5.41, 5.74) is 6.54. The molecule has 2 aliphatic heterocycles. The number of amides is 2. The highest BCUT2D eigenvalue weighted by molar-refractivity contribution is 8.00. The van der Waals surface area contributed by atoms with E-state index in [2.05, 4.69) is 25.2 Å². The molecule has 0 spiro atoms. The number of hydrogen-bond acceptors (Lipinski definition) is 6. The van der Waals surface area contributed by atoms with Gasteiger partial charge in [0.25, 0.3) is 0 Å². The number of anilines is 1. The molecule has 9 heteroatoms. The van der Waals surface area contributed by atoms with Crippen LogP contribution in [0.5, 0.6) is 5.75 Å². The van der Waals surface area contributed by atoms with Crippen LogP contribution in [0.15, 0.2) is 72.8 Å². The van der Waals surface area contributed by atoms with Gasteiger partial charge in [-0.1, -0.05) is 60.7 Å². The molecule has 0 aliphatic carbocycles. The summed E-state index contributed by atoms with van der Waals surface area (Å²) in [5, 5.41) is 7.96. The van der Waals surface area contributed by atoms with Crippen molar-refractivity contribution in [3.05, 3.63) is 95.1 Å². The Bertz CT molecular complexity index is 1630. The Morgan fingerprint density at radius 2 is 1.86 bits per heavy atom. The maximum atomic E-state index is 14.0. The molecule has 222 valence electrons. The highest BCUT2D eigenvalue weighted by Crippen LogP contribution is 2.50. The van der Waals surface area contributed by atoms with Gasteiger partial charge in [-0.25, -0.2) is 4.68 Å². The maximum Gasteiger partial charge on any atom is 0.240 e. The molecule has 0 unspecified atom stereocenters. The number of ether oxygens (including phenoxy) is 2. The number of aromatic nitrogens is 2. The number of carbonyl (C=O) groups is 2. The number of methoxy groups -OCH3 is 1. The lowest BCUT2D eigenvalue weighted by molar-refractivity contribution is -0.123. The summed E-state index contributed by atoms with van der Waals surface area (Å²) in [6, 6.07) is 24.0. The monoisotopic (exact) mass is 596 g/mol. The molecule has 6 rings (SSSR count). The van der Waals surface area contributed by atoms with Crippen LogP contribution in [-0.2, 0) is 14.3 Å². The van der Waals surface area contributed by atoms with Gasteiger partial charge in [0.2, 0.25) is 11.8 Å². The van der Waals surface area contributed by atoms with Crippen LogP contribution in [-0.4, -0.2) is 60.3 Å². The number of carbonyl (C=O) groups excluding carboxylic acids is 2. The average Bonchev–Trinajstić information content (AvgIpc) is 3.67. The van der Waals surface area contributed by atoms with Crippen LogP contribution >= 0.6 is 11.8 Å².